The highest BCUT2D eigenvalue weighted by atomic mass is 16.7. The number of nitrogens with one attached hydrogen (secondary N) is 1. The molecule has 3 aliphatic heterocycles. The van der Waals surface area contributed by atoms with Gasteiger partial charge in [-0.05, 0) is 30.7 Å². The van der Waals surface area contributed by atoms with Gasteiger partial charge in [0.25, 0.3) is 5.91 Å². The SMILES string of the molecule is C=C(C)[C@H]1Cc2c(ccc(C3=NOC4COc5cc(OC)c(OC)cc5C34)c2OCC(=O)NCCN)O1. The second-order valence-corrected chi connectivity index (χ2v) is 9.16. The first kappa shape index (κ1) is 24.8. The number of methoxy groups -OCH3 is 2. The number of benzene rings is 2. The number of hydrogen-bond acceptors (Lipinski definition) is 9. The molecule has 3 heterocycles. The molecule has 3 aliphatic rings. The maximum absolute atomic E-state index is 12.4. The zero-order valence-corrected chi connectivity index (χ0v) is 21.2. The molecule has 0 aromatic heterocycles. The van der Waals surface area contributed by atoms with Gasteiger partial charge < -0.3 is 39.6 Å². The Balaban J connectivity index is 1.55. The molecule has 2 aromatic carbocycles. The Morgan fingerprint density at radius 3 is 2.73 bits per heavy atom. The van der Waals surface area contributed by atoms with Crippen molar-refractivity contribution in [1.29, 1.82) is 0 Å². The minimum Gasteiger partial charge on any atom is -0.493 e. The zero-order chi connectivity index (χ0) is 26.1. The van der Waals surface area contributed by atoms with Crippen molar-refractivity contribution in [2.45, 2.75) is 31.5 Å². The number of carbonyl (C=O) groups is 1. The van der Waals surface area contributed by atoms with E-state index in [1.807, 2.05) is 31.2 Å². The minimum atomic E-state index is -0.325. The molecule has 0 bridgehead atoms. The fourth-order valence-electron chi connectivity index (χ4n) is 4.86. The lowest BCUT2D eigenvalue weighted by atomic mass is 9.83. The van der Waals surface area contributed by atoms with Gasteiger partial charge in [-0.2, -0.15) is 0 Å². The van der Waals surface area contributed by atoms with Crippen molar-refractivity contribution in [2.24, 2.45) is 10.9 Å². The lowest BCUT2D eigenvalue weighted by molar-refractivity contribution is -0.123. The van der Waals surface area contributed by atoms with E-state index in [1.165, 1.54) is 0 Å². The van der Waals surface area contributed by atoms with Crippen molar-refractivity contribution in [3.8, 4) is 28.7 Å². The molecule has 0 aliphatic carbocycles. The van der Waals surface area contributed by atoms with Crippen molar-refractivity contribution < 1.29 is 33.3 Å². The quantitative estimate of drug-likeness (QED) is 0.494. The monoisotopic (exact) mass is 509 g/mol. The van der Waals surface area contributed by atoms with Gasteiger partial charge in [0.1, 0.15) is 35.7 Å². The maximum Gasteiger partial charge on any atom is 0.257 e. The molecular weight excluding hydrogens is 478 g/mol. The molecule has 1 amide bonds. The van der Waals surface area contributed by atoms with E-state index in [-0.39, 0.29) is 30.6 Å². The van der Waals surface area contributed by atoms with Gasteiger partial charge in [0.15, 0.2) is 24.2 Å². The third-order valence-electron chi connectivity index (χ3n) is 6.72. The van der Waals surface area contributed by atoms with E-state index in [9.17, 15) is 4.79 Å². The van der Waals surface area contributed by atoms with Crippen molar-refractivity contribution in [3.05, 3.63) is 53.1 Å². The Bertz CT molecular complexity index is 1260. The molecule has 3 atom stereocenters. The second-order valence-electron chi connectivity index (χ2n) is 9.16. The Hall–Kier alpha value is -3.92. The molecule has 10 heteroatoms. The first-order chi connectivity index (χ1) is 17.9. The number of rotatable bonds is 9. The first-order valence-corrected chi connectivity index (χ1v) is 12.1. The Kier molecular flexibility index (Phi) is 6.84. The predicted molar refractivity (Wildman–Crippen MR) is 136 cm³/mol. The number of amides is 1. The predicted octanol–water partition coefficient (Wildman–Crippen LogP) is 2.32. The summed E-state index contributed by atoms with van der Waals surface area (Å²) in [4.78, 5) is 18.2. The van der Waals surface area contributed by atoms with E-state index in [1.54, 1.807) is 14.2 Å². The highest BCUT2D eigenvalue weighted by molar-refractivity contribution is 6.09. The van der Waals surface area contributed by atoms with Gasteiger partial charge >= 0.3 is 0 Å². The van der Waals surface area contributed by atoms with Crippen molar-refractivity contribution >= 4 is 11.6 Å². The van der Waals surface area contributed by atoms with Gasteiger partial charge in [-0.3, -0.25) is 4.79 Å². The van der Waals surface area contributed by atoms with Crippen molar-refractivity contribution in [3.63, 3.8) is 0 Å². The number of hydrogen-bond donors (Lipinski definition) is 2. The summed E-state index contributed by atoms with van der Waals surface area (Å²) < 4.78 is 29.2. The van der Waals surface area contributed by atoms with Gasteiger partial charge in [0.05, 0.1) is 20.1 Å². The van der Waals surface area contributed by atoms with E-state index in [0.717, 1.165) is 22.3 Å². The molecule has 0 fully saturated rings. The van der Waals surface area contributed by atoms with Crippen LogP contribution in [0.3, 0.4) is 0 Å². The number of nitrogens with zero attached hydrogens (tertiary/aromatic N) is 1. The first-order valence-electron chi connectivity index (χ1n) is 12.1. The second kappa shape index (κ2) is 10.2. The molecule has 5 rings (SSSR count). The standard InChI is InChI=1S/C27H31N3O7/c1-14(2)19-10-17-18(36-19)6-5-15(27(17)35-13-24(31)29-8-7-28)26-25-16-9-21(32-3)22(33-4)11-20(16)34-12-23(25)37-30-26/h5-6,9,11,19,23,25H,1,7-8,10,12-13,28H2,2-4H3,(H,29,31)/t19-,23?,25?/m1/s1. The molecule has 10 nitrogen and oxygen atoms in total. The molecule has 0 saturated carbocycles. The van der Waals surface area contributed by atoms with Gasteiger partial charge in [0, 0.05) is 42.3 Å². The third-order valence-corrected chi connectivity index (χ3v) is 6.72. The minimum absolute atomic E-state index is 0.172. The molecule has 3 N–H and O–H groups in total. The van der Waals surface area contributed by atoms with Crippen LogP contribution in [0.4, 0.5) is 0 Å². The average Bonchev–Trinajstić information content (AvgIpc) is 3.54. The average molecular weight is 510 g/mol. The molecule has 0 spiro atoms. The van der Waals surface area contributed by atoms with Crippen LogP contribution in [0.25, 0.3) is 0 Å². The highest BCUT2D eigenvalue weighted by Crippen LogP contribution is 2.48. The van der Waals surface area contributed by atoms with E-state index >= 15 is 0 Å². The van der Waals surface area contributed by atoms with Gasteiger partial charge in [-0.15, -0.1) is 0 Å². The Labute approximate surface area is 215 Å². The van der Waals surface area contributed by atoms with Crippen LogP contribution in [0.2, 0.25) is 0 Å². The summed E-state index contributed by atoms with van der Waals surface area (Å²) in [6.07, 6.45) is 0.0771. The normalized spacial score (nSPS) is 20.8. The van der Waals surface area contributed by atoms with Crippen LogP contribution in [-0.2, 0) is 16.1 Å². The van der Waals surface area contributed by atoms with Crippen LogP contribution in [0.1, 0.15) is 29.5 Å². The topological polar surface area (TPSA) is 123 Å². The molecule has 2 aromatic rings. The summed E-state index contributed by atoms with van der Waals surface area (Å²) in [6, 6.07) is 7.50. The highest BCUT2D eigenvalue weighted by Gasteiger charge is 2.44. The van der Waals surface area contributed by atoms with Crippen molar-refractivity contribution in [2.75, 3.05) is 40.5 Å². The lowest BCUT2D eigenvalue weighted by Crippen LogP contribution is -2.34. The largest absolute Gasteiger partial charge is 0.493 e. The molecular formula is C27H31N3O7. The molecule has 196 valence electrons. The smallest absolute Gasteiger partial charge is 0.257 e. The van der Waals surface area contributed by atoms with Gasteiger partial charge in [0.2, 0.25) is 0 Å². The summed E-state index contributed by atoms with van der Waals surface area (Å²) in [5, 5.41) is 7.21. The van der Waals surface area contributed by atoms with E-state index in [0.29, 0.717) is 60.6 Å². The van der Waals surface area contributed by atoms with Crippen LogP contribution in [0, 0.1) is 0 Å². The maximum atomic E-state index is 12.4. The van der Waals surface area contributed by atoms with Crippen LogP contribution in [0.5, 0.6) is 28.7 Å². The third kappa shape index (κ3) is 4.53. The van der Waals surface area contributed by atoms with E-state index in [2.05, 4.69) is 17.1 Å². The number of fused-ring (bicyclic) bond motifs is 4. The van der Waals surface area contributed by atoms with Crippen LogP contribution in [0.15, 0.2) is 41.6 Å². The number of oxime groups is 1. The molecule has 2 unspecified atom stereocenters. The number of carbonyl (C=O) groups excluding carboxylic acids is 1. The lowest BCUT2D eigenvalue weighted by Gasteiger charge is -2.29. The summed E-state index contributed by atoms with van der Waals surface area (Å²) >= 11 is 0. The van der Waals surface area contributed by atoms with E-state index < -0.39 is 0 Å². The van der Waals surface area contributed by atoms with Crippen LogP contribution in [-0.4, -0.2) is 64.3 Å². The zero-order valence-electron chi connectivity index (χ0n) is 21.2. The Morgan fingerprint density at radius 2 is 2.00 bits per heavy atom. The number of ether oxygens (including phenoxy) is 5. The van der Waals surface area contributed by atoms with Crippen LogP contribution >= 0.6 is 0 Å². The fourth-order valence-corrected chi connectivity index (χ4v) is 4.86. The van der Waals surface area contributed by atoms with Crippen LogP contribution < -0.4 is 34.7 Å². The number of nitrogens with two attached hydrogens (primary N) is 1. The fraction of sp³-hybridized carbons (Fsp3) is 0.407. The van der Waals surface area contributed by atoms with Gasteiger partial charge in [-0.1, -0.05) is 11.7 Å². The Morgan fingerprint density at radius 1 is 1.22 bits per heavy atom. The van der Waals surface area contributed by atoms with Crippen molar-refractivity contribution in [1.82, 2.24) is 5.32 Å². The molecule has 0 saturated heterocycles. The summed E-state index contributed by atoms with van der Waals surface area (Å²) in [6.45, 7) is 6.84. The van der Waals surface area contributed by atoms with E-state index in [4.69, 9.17) is 34.3 Å². The van der Waals surface area contributed by atoms with Gasteiger partial charge in [-0.25, -0.2) is 0 Å². The molecule has 0 radical (unpaired) electrons. The molecule has 37 heavy (non-hydrogen) atoms. The summed E-state index contributed by atoms with van der Waals surface area (Å²) in [5.74, 6) is 2.56. The summed E-state index contributed by atoms with van der Waals surface area (Å²) in [5.41, 5.74) is 9.56. The summed E-state index contributed by atoms with van der Waals surface area (Å²) in [7, 11) is 3.17.